The van der Waals surface area contributed by atoms with Crippen LogP contribution in [0, 0.1) is 0 Å². The monoisotopic (exact) mass is 504 g/mol. The van der Waals surface area contributed by atoms with Crippen molar-refractivity contribution in [2.45, 2.75) is 30.9 Å². The van der Waals surface area contributed by atoms with Gasteiger partial charge >= 0.3 is 18.4 Å². The van der Waals surface area contributed by atoms with E-state index in [1.54, 1.807) is 30.3 Å². The van der Waals surface area contributed by atoms with Gasteiger partial charge in [0.2, 0.25) is 0 Å². The molecule has 0 spiro atoms. The molecule has 12 heteroatoms. The van der Waals surface area contributed by atoms with E-state index in [0.29, 0.717) is 17.7 Å². The van der Waals surface area contributed by atoms with Gasteiger partial charge in [-0.2, -0.15) is 26.3 Å². The maximum atomic E-state index is 13.3. The highest BCUT2D eigenvalue weighted by Gasteiger charge is 2.53. The number of nitrogens with zero attached hydrogens (tertiary/aromatic N) is 1. The van der Waals surface area contributed by atoms with E-state index in [-0.39, 0.29) is 24.8 Å². The molecule has 2 aromatic carbocycles. The van der Waals surface area contributed by atoms with Crippen molar-refractivity contribution in [3.63, 3.8) is 0 Å². The van der Waals surface area contributed by atoms with Crippen molar-refractivity contribution in [3.8, 4) is 0 Å². The SMILES string of the molecule is COCCN1C(=O)N[C@](CO[C@H](C)c2cc(C(F)(F)F)cc(C(F)(F)F)c2)(c2ccccc2)C1=O. The predicted molar refractivity (Wildman–Crippen MR) is 111 cm³/mol. The highest BCUT2D eigenvalue weighted by Crippen LogP contribution is 2.38. The molecule has 0 saturated carbocycles. The molecule has 2 atom stereocenters. The fourth-order valence-corrected chi connectivity index (χ4v) is 3.67. The van der Waals surface area contributed by atoms with Crippen LogP contribution in [-0.4, -0.2) is 43.7 Å². The van der Waals surface area contributed by atoms with E-state index in [1.165, 1.54) is 14.0 Å². The van der Waals surface area contributed by atoms with E-state index in [1.807, 2.05) is 0 Å². The number of urea groups is 1. The summed E-state index contributed by atoms with van der Waals surface area (Å²) in [7, 11) is 1.39. The molecule has 0 aliphatic carbocycles. The number of rotatable bonds is 8. The second-order valence-corrected chi connectivity index (χ2v) is 7.94. The molecule has 190 valence electrons. The first-order valence-electron chi connectivity index (χ1n) is 10.4. The zero-order chi connectivity index (χ0) is 26.0. The molecule has 1 aliphatic rings. The Balaban J connectivity index is 1.94. The Hall–Kier alpha value is -3.12. The van der Waals surface area contributed by atoms with Gasteiger partial charge in [0.1, 0.15) is 0 Å². The fraction of sp³-hybridized carbons (Fsp3) is 0.391. The summed E-state index contributed by atoms with van der Waals surface area (Å²) in [5.41, 5.74) is -4.73. The summed E-state index contributed by atoms with van der Waals surface area (Å²) in [4.78, 5) is 26.7. The van der Waals surface area contributed by atoms with E-state index >= 15 is 0 Å². The molecule has 6 nitrogen and oxygen atoms in total. The summed E-state index contributed by atoms with van der Waals surface area (Å²) in [6.07, 6.45) is -11.3. The fourth-order valence-electron chi connectivity index (χ4n) is 3.67. The number of carbonyl (C=O) groups is 2. The van der Waals surface area contributed by atoms with E-state index in [4.69, 9.17) is 9.47 Å². The van der Waals surface area contributed by atoms with Crippen molar-refractivity contribution < 1.29 is 45.4 Å². The van der Waals surface area contributed by atoms with E-state index in [9.17, 15) is 35.9 Å². The van der Waals surface area contributed by atoms with Gasteiger partial charge in [-0.15, -0.1) is 0 Å². The van der Waals surface area contributed by atoms with Crippen LogP contribution in [0.25, 0.3) is 0 Å². The van der Waals surface area contributed by atoms with Crippen LogP contribution in [0.1, 0.15) is 35.3 Å². The number of methoxy groups -OCH3 is 1. The van der Waals surface area contributed by atoms with Crippen molar-refractivity contribution in [2.75, 3.05) is 26.9 Å². The zero-order valence-electron chi connectivity index (χ0n) is 18.7. The first-order chi connectivity index (χ1) is 16.3. The minimum atomic E-state index is -5.02. The van der Waals surface area contributed by atoms with Crippen LogP contribution in [0.4, 0.5) is 31.1 Å². The van der Waals surface area contributed by atoms with Crippen LogP contribution in [0.2, 0.25) is 0 Å². The van der Waals surface area contributed by atoms with Gasteiger partial charge in [0.05, 0.1) is 37.0 Å². The standard InChI is InChI=1S/C23H22F6N2O4/c1-14(15-10-17(22(24,25)26)12-18(11-15)23(27,28)29)35-13-21(16-6-4-3-5-7-16)19(32)31(8-9-34-2)20(33)30-21/h3-7,10-12,14H,8-9,13H2,1-2H3,(H,30,33)/t14-,21-/m1/s1. The van der Waals surface area contributed by atoms with Gasteiger partial charge in [-0.25, -0.2) is 4.79 Å². The Labute approximate surface area is 196 Å². The highest BCUT2D eigenvalue weighted by molar-refractivity contribution is 6.07. The Morgan fingerprint density at radius 2 is 1.54 bits per heavy atom. The average molecular weight is 504 g/mol. The van der Waals surface area contributed by atoms with Gasteiger partial charge < -0.3 is 14.8 Å². The Morgan fingerprint density at radius 3 is 2.06 bits per heavy atom. The quantitative estimate of drug-likeness (QED) is 0.411. The number of nitrogens with one attached hydrogen (secondary N) is 1. The lowest BCUT2D eigenvalue weighted by atomic mass is 9.90. The Kier molecular flexibility index (Phi) is 7.46. The summed E-state index contributed by atoms with van der Waals surface area (Å²) >= 11 is 0. The van der Waals surface area contributed by atoms with Crippen molar-refractivity contribution in [1.29, 1.82) is 0 Å². The summed E-state index contributed by atoms with van der Waals surface area (Å²) in [6, 6.07) is 8.42. The number of alkyl halides is 6. The van der Waals surface area contributed by atoms with Crippen molar-refractivity contribution >= 4 is 11.9 Å². The van der Waals surface area contributed by atoms with Gasteiger partial charge in [-0.3, -0.25) is 9.69 Å². The molecule has 0 radical (unpaired) electrons. The predicted octanol–water partition coefficient (Wildman–Crippen LogP) is 4.90. The number of imide groups is 1. The third kappa shape index (κ3) is 5.59. The van der Waals surface area contributed by atoms with Crippen LogP contribution >= 0.6 is 0 Å². The molecule has 2 aromatic rings. The number of ether oxygens (including phenoxy) is 2. The van der Waals surface area contributed by atoms with Gasteiger partial charge in [0, 0.05) is 7.11 Å². The summed E-state index contributed by atoms with van der Waals surface area (Å²) in [5.74, 6) is -0.682. The second kappa shape index (κ2) is 9.86. The number of hydrogen-bond acceptors (Lipinski definition) is 4. The number of carbonyl (C=O) groups excluding carboxylic acids is 2. The van der Waals surface area contributed by atoms with E-state index in [2.05, 4.69) is 5.32 Å². The molecule has 0 aromatic heterocycles. The smallest absolute Gasteiger partial charge is 0.383 e. The molecule has 1 heterocycles. The van der Waals surface area contributed by atoms with Crippen LogP contribution in [-0.2, 0) is 32.2 Å². The highest BCUT2D eigenvalue weighted by atomic mass is 19.4. The summed E-state index contributed by atoms with van der Waals surface area (Å²) < 4.78 is 90.0. The average Bonchev–Trinajstić information content (AvgIpc) is 3.05. The van der Waals surface area contributed by atoms with Crippen LogP contribution in [0.5, 0.6) is 0 Å². The molecule has 3 rings (SSSR count). The number of halogens is 6. The molecule has 0 bridgehead atoms. The lowest BCUT2D eigenvalue weighted by molar-refractivity contribution is -0.143. The molecule has 1 aliphatic heterocycles. The topological polar surface area (TPSA) is 67.9 Å². The van der Waals surface area contributed by atoms with E-state index < -0.39 is 53.7 Å². The third-order valence-electron chi connectivity index (χ3n) is 5.59. The molecule has 0 unspecified atom stereocenters. The second-order valence-electron chi connectivity index (χ2n) is 7.94. The summed E-state index contributed by atoms with van der Waals surface area (Å²) in [5, 5.41) is 2.57. The maximum absolute atomic E-state index is 13.3. The third-order valence-corrected chi connectivity index (χ3v) is 5.59. The Morgan fingerprint density at radius 1 is 0.971 bits per heavy atom. The van der Waals surface area contributed by atoms with Crippen LogP contribution < -0.4 is 5.32 Å². The normalized spacial score (nSPS) is 19.7. The first kappa shape index (κ1) is 26.5. The molecule has 35 heavy (non-hydrogen) atoms. The molecule has 1 fully saturated rings. The minimum Gasteiger partial charge on any atom is -0.383 e. The molecule has 3 amide bonds. The summed E-state index contributed by atoms with van der Waals surface area (Å²) in [6.45, 7) is 0.724. The van der Waals surface area contributed by atoms with Gasteiger partial charge in [-0.05, 0) is 36.2 Å². The van der Waals surface area contributed by atoms with Crippen LogP contribution in [0.3, 0.4) is 0 Å². The van der Waals surface area contributed by atoms with E-state index in [0.717, 1.165) is 4.90 Å². The van der Waals surface area contributed by atoms with Gasteiger partial charge in [0.25, 0.3) is 5.91 Å². The number of amides is 3. The molecular weight excluding hydrogens is 482 g/mol. The number of benzene rings is 2. The van der Waals surface area contributed by atoms with Gasteiger partial charge in [-0.1, -0.05) is 30.3 Å². The zero-order valence-corrected chi connectivity index (χ0v) is 18.7. The number of hydrogen-bond donors (Lipinski definition) is 1. The van der Waals surface area contributed by atoms with Crippen molar-refractivity contribution in [2.24, 2.45) is 0 Å². The van der Waals surface area contributed by atoms with Crippen molar-refractivity contribution in [1.82, 2.24) is 10.2 Å². The maximum Gasteiger partial charge on any atom is 0.416 e. The van der Waals surface area contributed by atoms with Crippen LogP contribution in [0.15, 0.2) is 48.5 Å². The Bertz CT molecular complexity index is 1040. The lowest BCUT2D eigenvalue weighted by Gasteiger charge is -2.29. The lowest BCUT2D eigenvalue weighted by Crippen LogP contribution is -2.48. The minimum absolute atomic E-state index is 0.0239. The first-order valence-corrected chi connectivity index (χ1v) is 10.4. The largest absolute Gasteiger partial charge is 0.416 e. The molecule has 1 N–H and O–H groups in total. The van der Waals surface area contributed by atoms with Crippen molar-refractivity contribution in [3.05, 3.63) is 70.8 Å². The molecular formula is C23H22F6N2O4. The van der Waals surface area contributed by atoms with Gasteiger partial charge in [0.15, 0.2) is 5.54 Å². The molecule has 1 saturated heterocycles.